The van der Waals surface area contributed by atoms with Gasteiger partial charge in [-0.2, -0.15) is 13.2 Å². The van der Waals surface area contributed by atoms with Gasteiger partial charge in [-0.05, 0) is 19.1 Å². The third kappa shape index (κ3) is 3.13. The van der Waals surface area contributed by atoms with Gasteiger partial charge < -0.3 is 4.74 Å². The summed E-state index contributed by atoms with van der Waals surface area (Å²) >= 11 is 11.5. The van der Waals surface area contributed by atoms with E-state index in [1.54, 1.807) is 13.0 Å². The highest BCUT2D eigenvalue weighted by Gasteiger charge is 2.32. The van der Waals surface area contributed by atoms with Crippen LogP contribution in [0.2, 0.25) is 10.0 Å². The highest BCUT2D eigenvalue weighted by atomic mass is 35.5. The normalized spacial score (nSPS) is 11.7. The van der Waals surface area contributed by atoms with Crippen molar-refractivity contribution in [3.63, 3.8) is 0 Å². The fourth-order valence-electron chi connectivity index (χ4n) is 1.37. The molecule has 1 aromatic carbocycles. The minimum atomic E-state index is -4.52. The standard InChI is InChI=1S/C11H7Cl2F3N2O/c1-5-2-9(18-17-5)19-10-7(12)3-6(4-8(10)13)11(14,15)16/h2-4H,1H3,(H,17,18). The predicted molar refractivity (Wildman–Crippen MR) is 64.9 cm³/mol. The van der Waals surface area contributed by atoms with Gasteiger partial charge in [0.2, 0.25) is 5.88 Å². The third-order valence-electron chi connectivity index (χ3n) is 2.21. The van der Waals surface area contributed by atoms with Crippen LogP contribution < -0.4 is 4.74 Å². The lowest BCUT2D eigenvalue weighted by Gasteiger charge is -2.11. The van der Waals surface area contributed by atoms with E-state index in [1.165, 1.54) is 0 Å². The fourth-order valence-corrected chi connectivity index (χ4v) is 1.94. The van der Waals surface area contributed by atoms with E-state index in [2.05, 4.69) is 10.2 Å². The van der Waals surface area contributed by atoms with Gasteiger partial charge in [-0.1, -0.05) is 23.2 Å². The van der Waals surface area contributed by atoms with Crippen LogP contribution in [0.1, 0.15) is 11.3 Å². The van der Waals surface area contributed by atoms with E-state index in [4.69, 9.17) is 27.9 Å². The first kappa shape index (κ1) is 14.0. The molecule has 2 rings (SSSR count). The Morgan fingerprint density at radius 2 is 1.74 bits per heavy atom. The number of halogens is 5. The number of nitrogens with one attached hydrogen (secondary N) is 1. The van der Waals surface area contributed by atoms with Gasteiger partial charge in [0.25, 0.3) is 0 Å². The van der Waals surface area contributed by atoms with Crippen molar-refractivity contribution in [2.45, 2.75) is 13.1 Å². The Morgan fingerprint density at radius 1 is 1.16 bits per heavy atom. The van der Waals surface area contributed by atoms with Crippen LogP contribution in [0.3, 0.4) is 0 Å². The number of aromatic nitrogens is 2. The molecule has 0 saturated carbocycles. The van der Waals surface area contributed by atoms with Crippen molar-refractivity contribution in [3.05, 3.63) is 39.5 Å². The number of hydrogen-bond acceptors (Lipinski definition) is 2. The molecule has 0 fully saturated rings. The van der Waals surface area contributed by atoms with E-state index in [9.17, 15) is 13.2 Å². The lowest BCUT2D eigenvalue weighted by atomic mass is 10.2. The second-order valence-electron chi connectivity index (χ2n) is 3.76. The number of alkyl halides is 3. The molecule has 1 N–H and O–H groups in total. The monoisotopic (exact) mass is 310 g/mol. The number of aryl methyl sites for hydroxylation is 1. The van der Waals surface area contributed by atoms with Crippen LogP contribution in [0.25, 0.3) is 0 Å². The summed E-state index contributed by atoms with van der Waals surface area (Å²) in [7, 11) is 0. The molecule has 102 valence electrons. The average Bonchev–Trinajstić information content (AvgIpc) is 2.68. The highest BCUT2D eigenvalue weighted by Crippen LogP contribution is 2.41. The number of H-pyrrole nitrogens is 1. The molecule has 0 unspecified atom stereocenters. The number of benzene rings is 1. The number of nitrogens with zero attached hydrogens (tertiary/aromatic N) is 1. The molecule has 0 aliphatic heterocycles. The molecule has 0 bridgehead atoms. The van der Waals surface area contributed by atoms with Crippen LogP contribution in [0, 0.1) is 6.92 Å². The van der Waals surface area contributed by atoms with Crippen LogP contribution in [0.15, 0.2) is 18.2 Å². The average molecular weight is 311 g/mol. The molecule has 0 radical (unpaired) electrons. The summed E-state index contributed by atoms with van der Waals surface area (Å²) in [5.74, 6) is 0.101. The van der Waals surface area contributed by atoms with Crippen LogP contribution >= 0.6 is 23.2 Å². The van der Waals surface area contributed by atoms with Gasteiger partial charge in [-0.15, -0.1) is 5.10 Å². The van der Waals surface area contributed by atoms with Crippen molar-refractivity contribution in [2.75, 3.05) is 0 Å². The van der Waals surface area contributed by atoms with E-state index in [1.807, 2.05) is 0 Å². The summed E-state index contributed by atoms with van der Waals surface area (Å²) in [4.78, 5) is 0. The SMILES string of the molecule is Cc1cc(Oc2c(Cl)cc(C(F)(F)F)cc2Cl)n[nH]1. The molecule has 3 nitrogen and oxygen atoms in total. The van der Waals surface area contributed by atoms with E-state index in [0.29, 0.717) is 0 Å². The second-order valence-corrected chi connectivity index (χ2v) is 4.57. The van der Waals surface area contributed by atoms with Gasteiger partial charge in [0.05, 0.1) is 15.6 Å². The van der Waals surface area contributed by atoms with Gasteiger partial charge in [-0.25, -0.2) is 0 Å². The zero-order chi connectivity index (χ0) is 14.2. The molecule has 8 heteroatoms. The Balaban J connectivity index is 2.37. The zero-order valence-electron chi connectivity index (χ0n) is 9.48. The Hall–Kier alpha value is -1.40. The van der Waals surface area contributed by atoms with E-state index < -0.39 is 11.7 Å². The van der Waals surface area contributed by atoms with Gasteiger partial charge in [0.1, 0.15) is 0 Å². The van der Waals surface area contributed by atoms with Crippen molar-refractivity contribution in [1.82, 2.24) is 10.2 Å². The fraction of sp³-hybridized carbons (Fsp3) is 0.182. The Kier molecular flexibility index (Phi) is 3.64. The largest absolute Gasteiger partial charge is 0.434 e. The molecular weight excluding hydrogens is 304 g/mol. The van der Waals surface area contributed by atoms with Crippen molar-refractivity contribution < 1.29 is 17.9 Å². The van der Waals surface area contributed by atoms with Crippen LogP contribution in [0.5, 0.6) is 11.6 Å². The highest BCUT2D eigenvalue weighted by molar-refractivity contribution is 6.37. The summed E-state index contributed by atoms with van der Waals surface area (Å²) in [5.41, 5.74) is -0.206. The quantitative estimate of drug-likeness (QED) is 0.862. The van der Waals surface area contributed by atoms with Gasteiger partial charge in [-0.3, -0.25) is 5.10 Å². The first-order valence-corrected chi connectivity index (χ1v) is 5.79. The van der Waals surface area contributed by atoms with Crippen LogP contribution in [-0.4, -0.2) is 10.2 Å². The summed E-state index contributed by atoms with van der Waals surface area (Å²) < 4.78 is 42.9. The molecule has 0 amide bonds. The van der Waals surface area contributed by atoms with E-state index >= 15 is 0 Å². The third-order valence-corrected chi connectivity index (χ3v) is 2.78. The second kappa shape index (κ2) is 4.94. The summed E-state index contributed by atoms with van der Waals surface area (Å²) in [5, 5.41) is 5.93. The van der Waals surface area contributed by atoms with Crippen molar-refractivity contribution in [1.29, 1.82) is 0 Å². The first-order chi connectivity index (χ1) is 8.77. The first-order valence-electron chi connectivity index (χ1n) is 5.03. The summed E-state index contributed by atoms with van der Waals surface area (Å²) in [6.07, 6.45) is -4.52. The number of ether oxygens (including phenoxy) is 1. The molecule has 2 aromatic rings. The molecule has 0 spiro atoms. The number of hydrogen-bond donors (Lipinski definition) is 1. The van der Waals surface area contributed by atoms with Gasteiger partial charge in [0.15, 0.2) is 5.75 Å². The topological polar surface area (TPSA) is 37.9 Å². The molecule has 0 saturated heterocycles. The van der Waals surface area contributed by atoms with Crippen LogP contribution in [-0.2, 0) is 6.18 Å². The van der Waals surface area contributed by atoms with Crippen LogP contribution in [0.4, 0.5) is 13.2 Å². The molecule has 0 aliphatic carbocycles. The van der Waals surface area contributed by atoms with Crippen molar-refractivity contribution in [3.8, 4) is 11.6 Å². The predicted octanol–water partition coefficient (Wildman–Crippen LogP) is 4.84. The molecule has 1 heterocycles. The summed E-state index contributed by atoms with van der Waals surface area (Å²) in [6, 6.07) is 3.06. The molecule has 0 atom stereocenters. The van der Waals surface area contributed by atoms with E-state index in [0.717, 1.165) is 17.8 Å². The minimum absolute atomic E-state index is 0.0668. The number of aromatic amines is 1. The molecule has 0 aliphatic rings. The molecular formula is C11H7Cl2F3N2O. The zero-order valence-corrected chi connectivity index (χ0v) is 11.0. The Morgan fingerprint density at radius 3 is 2.16 bits per heavy atom. The maximum atomic E-state index is 12.5. The smallest absolute Gasteiger partial charge is 0.416 e. The van der Waals surface area contributed by atoms with Crippen molar-refractivity contribution in [2.24, 2.45) is 0 Å². The van der Waals surface area contributed by atoms with Gasteiger partial charge in [0, 0.05) is 11.8 Å². The maximum absolute atomic E-state index is 12.5. The minimum Gasteiger partial charge on any atom is -0.434 e. The number of rotatable bonds is 2. The maximum Gasteiger partial charge on any atom is 0.416 e. The lowest BCUT2D eigenvalue weighted by Crippen LogP contribution is -2.05. The lowest BCUT2D eigenvalue weighted by molar-refractivity contribution is -0.137. The Labute approximate surface area is 116 Å². The summed E-state index contributed by atoms with van der Waals surface area (Å²) in [6.45, 7) is 1.75. The molecule has 19 heavy (non-hydrogen) atoms. The van der Waals surface area contributed by atoms with Crippen molar-refractivity contribution >= 4 is 23.2 Å². The molecule has 1 aromatic heterocycles. The Bertz CT molecular complexity index is 587. The van der Waals surface area contributed by atoms with Gasteiger partial charge >= 0.3 is 6.18 Å². The van der Waals surface area contributed by atoms with E-state index in [-0.39, 0.29) is 21.7 Å².